The summed E-state index contributed by atoms with van der Waals surface area (Å²) >= 11 is 0.940. The van der Waals surface area contributed by atoms with Crippen LogP contribution in [0, 0.1) is 23.0 Å². The summed E-state index contributed by atoms with van der Waals surface area (Å²) < 4.78 is 32.6. The summed E-state index contributed by atoms with van der Waals surface area (Å²) in [6.07, 6.45) is 2.85. The summed E-state index contributed by atoms with van der Waals surface area (Å²) in [5, 5.41) is 20.3. The second-order valence-electron chi connectivity index (χ2n) is 9.25. The molecule has 2 aliphatic rings. The molecule has 2 unspecified atom stereocenters. The first-order valence-electron chi connectivity index (χ1n) is 11.8. The van der Waals surface area contributed by atoms with E-state index in [1.54, 1.807) is 11.2 Å². The van der Waals surface area contributed by atoms with Gasteiger partial charge in [0.1, 0.15) is 34.4 Å². The summed E-state index contributed by atoms with van der Waals surface area (Å²) in [7, 11) is 0. The number of hydrogen-bond acceptors (Lipinski definition) is 7. The summed E-state index contributed by atoms with van der Waals surface area (Å²) in [5.41, 5.74) is 7.43. The molecule has 0 saturated carbocycles. The zero-order valence-corrected chi connectivity index (χ0v) is 20.4. The highest BCUT2D eigenvalue weighted by molar-refractivity contribution is 7.23. The second kappa shape index (κ2) is 8.62. The van der Waals surface area contributed by atoms with Crippen LogP contribution in [0.2, 0.25) is 0 Å². The number of carbonyl (C=O) groups excluding carboxylic acids is 1. The van der Waals surface area contributed by atoms with Crippen molar-refractivity contribution in [3.05, 3.63) is 59.9 Å². The predicted molar refractivity (Wildman–Crippen MR) is 137 cm³/mol. The maximum absolute atomic E-state index is 15.9. The molecule has 1 fully saturated rings. The van der Waals surface area contributed by atoms with Gasteiger partial charge in [0, 0.05) is 43.2 Å². The SMILES string of the molecule is C=CC(O)N1CCN2C(=O)c3cc(F)c(-c4ccc(F)c5sc(N)c(C#N)c45)c4ncn(c34)CCC2C1. The number of aliphatic hydroxyl groups is 1. The third-order valence-corrected chi connectivity index (χ3v) is 8.36. The number of aryl methyl sites for hydroxylation is 1. The van der Waals surface area contributed by atoms with Crippen LogP contribution in [0.25, 0.3) is 32.2 Å². The first kappa shape index (κ1) is 23.5. The van der Waals surface area contributed by atoms with Gasteiger partial charge >= 0.3 is 0 Å². The largest absolute Gasteiger partial charge is 0.389 e. The Kier molecular flexibility index (Phi) is 5.49. The average Bonchev–Trinajstić information content (AvgIpc) is 3.47. The molecule has 11 heteroatoms. The number of imidazole rings is 1. The van der Waals surface area contributed by atoms with Crippen molar-refractivity contribution in [3.63, 3.8) is 0 Å². The van der Waals surface area contributed by atoms with E-state index in [0.29, 0.717) is 43.7 Å². The molecule has 1 saturated heterocycles. The maximum atomic E-state index is 15.9. The van der Waals surface area contributed by atoms with E-state index in [9.17, 15) is 19.6 Å². The number of nitrogens with zero attached hydrogens (tertiary/aromatic N) is 5. The highest BCUT2D eigenvalue weighted by Crippen LogP contribution is 2.44. The van der Waals surface area contributed by atoms with Gasteiger partial charge in [-0.25, -0.2) is 13.8 Å². The lowest BCUT2D eigenvalue weighted by molar-refractivity contribution is -0.0166. The summed E-state index contributed by atoms with van der Waals surface area (Å²) in [6.45, 7) is 5.48. The molecule has 0 aliphatic carbocycles. The van der Waals surface area contributed by atoms with Gasteiger partial charge in [-0.05, 0) is 30.2 Å². The molecule has 1 amide bonds. The van der Waals surface area contributed by atoms with Crippen molar-refractivity contribution in [3.8, 4) is 17.2 Å². The predicted octanol–water partition coefficient (Wildman–Crippen LogP) is 3.68. The van der Waals surface area contributed by atoms with Crippen molar-refractivity contribution in [1.29, 1.82) is 5.26 Å². The van der Waals surface area contributed by atoms with E-state index in [0.717, 1.165) is 11.3 Å². The Labute approximate surface area is 214 Å². The van der Waals surface area contributed by atoms with Gasteiger partial charge < -0.3 is 20.3 Å². The van der Waals surface area contributed by atoms with Gasteiger partial charge in [-0.3, -0.25) is 9.69 Å². The quantitative estimate of drug-likeness (QED) is 0.399. The monoisotopic (exact) mass is 520 g/mol. The van der Waals surface area contributed by atoms with Crippen molar-refractivity contribution in [2.24, 2.45) is 0 Å². The van der Waals surface area contributed by atoms with Crippen LogP contribution in [-0.4, -0.2) is 62.3 Å². The van der Waals surface area contributed by atoms with Crippen LogP contribution in [0.4, 0.5) is 13.8 Å². The standard InChI is InChI=1S/C26H22F2N6O2S/c1-2-19(35)32-7-8-34-13(11-32)5-6-33-12-31-22-21(18(28)9-15(23(22)33)26(34)36)14-3-4-17(27)24-20(14)16(10-29)25(30)37-24/h2-4,9,12-13,19,35H,1,5-8,11,30H2. The Morgan fingerprint density at radius 3 is 2.84 bits per heavy atom. The van der Waals surface area contributed by atoms with Gasteiger partial charge in [0.05, 0.1) is 27.7 Å². The van der Waals surface area contributed by atoms with Crippen LogP contribution >= 0.6 is 11.3 Å². The lowest BCUT2D eigenvalue weighted by Gasteiger charge is -2.43. The number of amides is 1. The van der Waals surface area contributed by atoms with E-state index in [4.69, 9.17) is 5.73 Å². The van der Waals surface area contributed by atoms with Crippen LogP contribution in [0.5, 0.6) is 0 Å². The third kappa shape index (κ3) is 3.44. The Bertz CT molecular complexity index is 1650. The number of halogens is 2. The van der Waals surface area contributed by atoms with Gasteiger partial charge in [0.15, 0.2) is 0 Å². The Morgan fingerprint density at radius 1 is 1.27 bits per heavy atom. The maximum Gasteiger partial charge on any atom is 0.256 e. The number of rotatable bonds is 3. The van der Waals surface area contributed by atoms with Crippen LogP contribution in [-0.2, 0) is 6.54 Å². The molecular formula is C26H22F2N6O2S. The van der Waals surface area contributed by atoms with Crippen molar-refractivity contribution in [2.75, 3.05) is 25.4 Å². The minimum absolute atomic E-state index is 0.0881. The molecule has 4 heterocycles. The molecule has 37 heavy (non-hydrogen) atoms. The fourth-order valence-corrected chi connectivity index (χ4v) is 6.50. The van der Waals surface area contributed by atoms with Crippen LogP contribution in [0.1, 0.15) is 22.3 Å². The van der Waals surface area contributed by atoms with Gasteiger partial charge in [0.25, 0.3) is 5.91 Å². The summed E-state index contributed by atoms with van der Waals surface area (Å²) in [5.74, 6) is -1.55. The Balaban J connectivity index is 1.53. The number of benzene rings is 2. The summed E-state index contributed by atoms with van der Waals surface area (Å²) in [4.78, 5) is 21.8. The third-order valence-electron chi connectivity index (χ3n) is 7.33. The molecule has 0 spiro atoms. The molecule has 4 aromatic rings. The summed E-state index contributed by atoms with van der Waals surface area (Å²) in [6, 6.07) is 5.70. The molecule has 188 valence electrons. The Morgan fingerprint density at radius 2 is 2.08 bits per heavy atom. The molecule has 2 atom stereocenters. The number of nitriles is 1. The second-order valence-corrected chi connectivity index (χ2v) is 10.3. The number of nitrogens with two attached hydrogens (primary N) is 1. The van der Waals surface area contributed by atoms with Crippen molar-refractivity contribution in [2.45, 2.75) is 25.2 Å². The van der Waals surface area contributed by atoms with E-state index >= 15 is 4.39 Å². The van der Waals surface area contributed by atoms with E-state index in [2.05, 4.69) is 11.6 Å². The number of hydrogen-bond donors (Lipinski definition) is 2. The number of piperazine rings is 1. The van der Waals surface area contributed by atoms with Crippen molar-refractivity contribution in [1.82, 2.24) is 19.4 Å². The lowest BCUT2D eigenvalue weighted by Crippen LogP contribution is -2.57. The zero-order valence-electron chi connectivity index (χ0n) is 19.6. The molecular weight excluding hydrogens is 498 g/mol. The number of nitrogen functional groups attached to an aromatic ring is 1. The number of aliphatic hydroxyl groups excluding tert-OH is 1. The van der Waals surface area contributed by atoms with Crippen LogP contribution < -0.4 is 5.73 Å². The highest BCUT2D eigenvalue weighted by atomic mass is 32.1. The fraction of sp³-hybridized carbons (Fsp3) is 0.269. The molecule has 2 aromatic heterocycles. The van der Waals surface area contributed by atoms with Crippen molar-refractivity contribution < 1.29 is 18.7 Å². The lowest BCUT2D eigenvalue weighted by atomic mass is 9.94. The van der Waals surface area contributed by atoms with Crippen LogP contribution in [0.15, 0.2) is 37.2 Å². The fourth-order valence-electron chi connectivity index (χ4n) is 5.55. The zero-order chi connectivity index (χ0) is 26.0. The average molecular weight is 521 g/mol. The number of carbonyl (C=O) groups is 1. The minimum Gasteiger partial charge on any atom is -0.389 e. The molecule has 3 N–H and O–H groups in total. The molecule has 0 bridgehead atoms. The van der Waals surface area contributed by atoms with E-state index in [1.807, 2.05) is 15.5 Å². The number of aromatic nitrogens is 2. The minimum atomic E-state index is -0.799. The first-order chi connectivity index (χ1) is 17.8. The van der Waals surface area contributed by atoms with Gasteiger partial charge in [-0.15, -0.1) is 11.3 Å². The molecule has 6 rings (SSSR count). The molecule has 2 aliphatic heterocycles. The van der Waals surface area contributed by atoms with E-state index in [-0.39, 0.29) is 49.2 Å². The molecule has 0 radical (unpaired) electrons. The van der Waals surface area contributed by atoms with E-state index in [1.165, 1.54) is 24.3 Å². The topological polar surface area (TPSA) is 111 Å². The molecule has 8 nitrogen and oxygen atoms in total. The number of anilines is 1. The number of thiophene rings is 1. The van der Waals surface area contributed by atoms with Gasteiger partial charge in [-0.2, -0.15) is 5.26 Å². The van der Waals surface area contributed by atoms with E-state index < -0.39 is 17.9 Å². The highest BCUT2D eigenvalue weighted by Gasteiger charge is 2.36. The van der Waals surface area contributed by atoms with Crippen molar-refractivity contribution >= 4 is 43.4 Å². The Hall–Kier alpha value is -3.85. The normalized spacial score (nSPS) is 18.9. The van der Waals surface area contributed by atoms with Gasteiger partial charge in [-0.1, -0.05) is 12.6 Å². The molecule has 2 aromatic carbocycles. The van der Waals surface area contributed by atoms with Gasteiger partial charge in [0.2, 0.25) is 0 Å². The van der Waals surface area contributed by atoms with Crippen LogP contribution in [0.3, 0.4) is 0 Å². The first-order valence-corrected chi connectivity index (χ1v) is 12.6. The number of fused-ring (bicyclic) bond motifs is 2. The smallest absolute Gasteiger partial charge is 0.256 e.